The molecule has 1 aliphatic heterocycles. The van der Waals surface area contributed by atoms with Gasteiger partial charge in [0, 0.05) is 0 Å². The Morgan fingerprint density at radius 2 is 1.84 bits per heavy atom. The number of fused-ring (bicyclic) bond motifs is 3. The Kier molecular flexibility index (Phi) is 5.81. The van der Waals surface area contributed by atoms with Crippen LogP contribution in [0.5, 0.6) is 11.5 Å². The number of aromatic hydroxyl groups is 1. The molecule has 7 nitrogen and oxygen atoms in total. The van der Waals surface area contributed by atoms with Crippen LogP contribution >= 0.6 is 0 Å². The summed E-state index contributed by atoms with van der Waals surface area (Å²) in [5.41, 5.74) is 6.77. The van der Waals surface area contributed by atoms with E-state index in [1.54, 1.807) is 12.1 Å². The van der Waals surface area contributed by atoms with Gasteiger partial charge >= 0.3 is 0 Å². The van der Waals surface area contributed by atoms with Crippen molar-refractivity contribution in [2.75, 3.05) is 6.61 Å². The Hall–Kier alpha value is -2.42. The number of aryl methyl sites for hydroxylation is 1. The van der Waals surface area contributed by atoms with E-state index in [4.69, 9.17) is 9.47 Å². The van der Waals surface area contributed by atoms with Crippen LogP contribution < -0.4 is 4.74 Å². The molecule has 1 fully saturated rings. The largest absolute Gasteiger partial charge is 0.508 e. The summed E-state index contributed by atoms with van der Waals surface area (Å²) < 4.78 is 11.5. The second-order valence-corrected chi connectivity index (χ2v) is 8.20. The van der Waals surface area contributed by atoms with Crippen LogP contribution in [0.4, 0.5) is 0 Å². The summed E-state index contributed by atoms with van der Waals surface area (Å²) in [6.07, 6.45) is -3.46. The molecule has 1 heterocycles. The van der Waals surface area contributed by atoms with Crippen LogP contribution in [0.25, 0.3) is 17.2 Å². The van der Waals surface area contributed by atoms with Gasteiger partial charge in [0.25, 0.3) is 0 Å². The van der Waals surface area contributed by atoms with Crippen LogP contribution in [0.1, 0.15) is 27.8 Å². The molecule has 2 aromatic carbocycles. The molecule has 2 aliphatic rings. The van der Waals surface area contributed by atoms with Gasteiger partial charge in [-0.3, -0.25) is 0 Å². The summed E-state index contributed by atoms with van der Waals surface area (Å²) in [6, 6.07) is 5.51. The lowest BCUT2D eigenvalue weighted by Gasteiger charge is -2.40. The second kappa shape index (κ2) is 8.26. The van der Waals surface area contributed by atoms with E-state index >= 15 is 0 Å². The third-order valence-corrected chi connectivity index (χ3v) is 6.45. The summed E-state index contributed by atoms with van der Waals surface area (Å²) >= 11 is 0. The summed E-state index contributed by atoms with van der Waals surface area (Å²) in [7, 11) is 0. The topological polar surface area (TPSA) is 120 Å². The van der Waals surface area contributed by atoms with E-state index in [-0.39, 0.29) is 5.75 Å². The average molecular weight is 428 g/mol. The molecule has 7 heteroatoms. The number of aliphatic hydroxyl groups is 4. The third-order valence-electron chi connectivity index (χ3n) is 6.45. The third kappa shape index (κ3) is 3.52. The maximum atomic E-state index is 10.3. The second-order valence-electron chi connectivity index (χ2n) is 8.20. The van der Waals surface area contributed by atoms with Gasteiger partial charge < -0.3 is 35.0 Å². The molecule has 5 atom stereocenters. The van der Waals surface area contributed by atoms with Gasteiger partial charge in [-0.05, 0) is 77.8 Å². The number of phenolic OH excluding ortho intramolecular Hbond substituents is 1. The van der Waals surface area contributed by atoms with Crippen LogP contribution in [0, 0.1) is 13.8 Å². The Balaban J connectivity index is 1.75. The van der Waals surface area contributed by atoms with E-state index in [0.29, 0.717) is 5.75 Å². The minimum Gasteiger partial charge on any atom is -0.508 e. The molecule has 0 spiro atoms. The summed E-state index contributed by atoms with van der Waals surface area (Å²) in [4.78, 5) is 0. The monoisotopic (exact) mass is 428 g/mol. The number of benzene rings is 2. The van der Waals surface area contributed by atoms with Crippen molar-refractivity contribution in [3.63, 3.8) is 0 Å². The van der Waals surface area contributed by atoms with Gasteiger partial charge in [-0.15, -0.1) is 0 Å². The molecule has 0 bridgehead atoms. The zero-order chi connectivity index (χ0) is 22.4. The molecule has 2 aromatic rings. The Labute approximate surface area is 180 Å². The van der Waals surface area contributed by atoms with Gasteiger partial charge in [0.05, 0.1) is 6.61 Å². The van der Waals surface area contributed by atoms with E-state index in [1.165, 1.54) is 0 Å². The van der Waals surface area contributed by atoms with Crippen molar-refractivity contribution in [3.8, 4) is 22.6 Å². The predicted octanol–water partition coefficient (Wildman–Crippen LogP) is 1.60. The number of ether oxygens (including phenoxy) is 2. The molecule has 0 aromatic heterocycles. The van der Waals surface area contributed by atoms with E-state index < -0.39 is 37.3 Å². The Morgan fingerprint density at radius 1 is 1.10 bits per heavy atom. The zero-order valence-electron chi connectivity index (χ0n) is 17.6. The van der Waals surface area contributed by atoms with Crippen molar-refractivity contribution in [1.29, 1.82) is 0 Å². The molecule has 4 rings (SSSR count). The number of rotatable bonds is 4. The van der Waals surface area contributed by atoms with Crippen molar-refractivity contribution < 1.29 is 35.0 Å². The minimum absolute atomic E-state index is 0.279. The normalized spacial score (nSPS) is 27.4. The summed E-state index contributed by atoms with van der Waals surface area (Å²) in [5, 5.41) is 49.9. The van der Waals surface area contributed by atoms with Crippen molar-refractivity contribution in [1.82, 2.24) is 0 Å². The van der Waals surface area contributed by atoms with Gasteiger partial charge in [-0.1, -0.05) is 18.7 Å². The molecule has 0 radical (unpaired) electrons. The minimum atomic E-state index is -1.50. The van der Waals surface area contributed by atoms with Gasteiger partial charge in [0.2, 0.25) is 6.29 Å². The number of phenols is 1. The highest BCUT2D eigenvalue weighted by Gasteiger charge is 2.45. The first-order valence-corrected chi connectivity index (χ1v) is 10.4. The first-order valence-electron chi connectivity index (χ1n) is 10.4. The van der Waals surface area contributed by atoms with Crippen LogP contribution in [-0.2, 0) is 17.6 Å². The molecule has 0 saturated carbocycles. The summed E-state index contributed by atoms with van der Waals surface area (Å²) in [5.74, 6) is 0.749. The van der Waals surface area contributed by atoms with Crippen molar-refractivity contribution in [2.24, 2.45) is 0 Å². The summed E-state index contributed by atoms with van der Waals surface area (Å²) in [6.45, 7) is 7.24. The van der Waals surface area contributed by atoms with Crippen molar-refractivity contribution >= 4 is 6.08 Å². The first kappa shape index (κ1) is 21.8. The van der Waals surface area contributed by atoms with Crippen LogP contribution in [0.3, 0.4) is 0 Å². The van der Waals surface area contributed by atoms with Crippen LogP contribution in [-0.4, -0.2) is 62.8 Å². The fraction of sp³-hybridized carbons (Fsp3) is 0.417. The standard InChI is InChI=1S/C24H28O7/c1-4-14-12(3)18(30-24-23(29)22(28)21(27)19(10-25)31-24)9-13-5-6-15-11(2)17(26)8-7-16(15)20(13)14/h4,7-9,19,21-29H,1,5-6,10H2,2-3H3/t19-,21-,22+,23-,24-/m1/s1. The van der Waals surface area contributed by atoms with E-state index in [0.717, 1.165) is 51.8 Å². The Morgan fingerprint density at radius 3 is 2.52 bits per heavy atom. The highest BCUT2D eigenvalue weighted by molar-refractivity contribution is 5.85. The average Bonchev–Trinajstić information content (AvgIpc) is 2.77. The molecule has 31 heavy (non-hydrogen) atoms. The SMILES string of the molecule is C=Cc1c(C)c(O[C@@H]2O[C@H](CO)[C@@H](O)[C@H](O)[C@H]2O)cc2c1-c1ccc(O)c(C)c1CC2. The Bertz CT molecular complexity index is 1010. The molecule has 0 amide bonds. The zero-order valence-corrected chi connectivity index (χ0v) is 17.6. The van der Waals surface area contributed by atoms with E-state index in [1.807, 2.05) is 26.0 Å². The van der Waals surface area contributed by atoms with Gasteiger partial charge in [0.15, 0.2) is 0 Å². The van der Waals surface area contributed by atoms with E-state index in [9.17, 15) is 25.5 Å². The maximum absolute atomic E-state index is 10.3. The highest BCUT2D eigenvalue weighted by Crippen LogP contribution is 2.44. The van der Waals surface area contributed by atoms with Crippen LogP contribution in [0.15, 0.2) is 24.8 Å². The molecule has 1 aliphatic carbocycles. The molecular weight excluding hydrogens is 400 g/mol. The fourth-order valence-electron chi connectivity index (χ4n) is 4.58. The fourth-order valence-corrected chi connectivity index (χ4v) is 4.58. The molecular formula is C24H28O7. The van der Waals surface area contributed by atoms with Crippen molar-refractivity contribution in [2.45, 2.75) is 57.4 Å². The molecule has 5 N–H and O–H groups in total. The highest BCUT2D eigenvalue weighted by atomic mass is 16.7. The van der Waals surface area contributed by atoms with Gasteiger partial charge in [-0.2, -0.15) is 0 Å². The lowest BCUT2D eigenvalue weighted by atomic mass is 9.79. The van der Waals surface area contributed by atoms with Crippen LogP contribution in [0.2, 0.25) is 0 Å². The number of aliphatic hydroxyl groups excluding tert-OH is 4. The van der Waals surface area contributed by atoms with Gasteiger partial charge in [0.1, 0.15) is 35.9 Å². The van der Waals surface area contributed by atoms with Crippen molar-refractivity contribution in [3.05, 3.63) is 52.6 Å². The predicted molar refractivity (Wildman–Crippen MR) is 115 cm³/mol. The lowest BCUT2D eigenvalue weighted by Crippen LogP contribution is -2.60. The molecule has 1 saturated heterocycles. The quantitative estimate of drug-likeness (QED) is 0.502. The number of hydrogen-bond donors (Lipinski definition) is 5. The van der Waals surface area contributed by atoms with Gasteiger partial charge in [-0.25, -0.2) is 0 Å². The van der Waals surface area contributed by atoms with E-state index in [2.05, 4.69) is 6.58 Å². The first-order chi connectivity index (χ1) is 14.8. The number of hydrogen-bond acceptors (Lipinski definition) is 7. The molecule has 166 valence electrons. The maximum Gasteiger partial charge on any atom is 0.229 e. The molecule has 0 unspecified atom stereocenters. The smallest absolute Gasteiger partial charge is 0.229 e. The lowest BCUT2D eigenvalue weighted by molar-refractivity contribution is -0.277.